The summed E-state index contributed by atoms with van der Waals surface area (Å²) in [5.41, 5.74) is 0.483. The molecule has 0 unspecified atom stereocenters. The molecule has 0 radical (unpaired) electrons. The number of anilines is 1. The summed E-state index contributed by atoms with van der Waals surface area (Å²) in [4.78, 5) is 42.6. The summed E-state index contributed by atoms with van der Waals surface area (Å²) in [7, 11) is 3.04. The molecule has 2 amide bonds. The van der Waals surface area contributed by atoms with Crippen molar-refractivity contribution in [2.75, 3.05) is 38.8 Å². The Balaban J connectivity index is 1.71. The molecule has 1 fully saturated rings. The third-order valence-corrected chi connectivity index (χ3v) is 7.17. The predicted octanol–water partition coefficient (Wildman–Crippen LogP) is 3.80. The maximum atomic E-state index is 13.8. The lowest BCUT2D eigenvalue weighted by Gasteiger charge is -2.56. The van der Waals surface area contributed by atoms with Crippen molar-refractivity contribution in [2.24, 2.45) is 0 Å². The Labute approximate surface area is 230 Å². The predicted molar refractivity (Wildman–Crippen MR) is 143 cm³/mol. The van der Waals surface area contributed by atoms with Crippen molar-refractivity contribution >= 4 is 35.1 Å². The molecular formula is C29H27ClN2O7. The number of methoxy groups -OCH3 is 2. The number of ether oxygens (including phenoxy) is 4. The smallest absolute Gasteiger partial charge is 0.326 e. The summed E-state index contributed by atoms with van der Waals surface area (Å²) in [6, 6.07) is 19.4. The van der Waals surface area contributed by atoms with Crippen LogP contribution in [-0.2, 0) is 24.7 Å². The van der Waals surface area contributed by atoms with Crippen LogP contribution in [0.25, 0.3) is 0 Å². The van der Waals surface area contributed by atoms with Crippen molar-refractivity contribution in [2.45, 2.75) is 18.6 Å². The SMILES string of the molecule is CCOC(=O)CN1C(=O)CN2C(=O)[C@@H](Oc3cc(OC)cc(OC)c3)[C@]2(c2ccccc2)c2cc(Cl)ccc21. The van der Waals surface area contributed by atoms with Crippen molar-refractivity contribution in [3.8, 4) is 17.2 Å². The zero-order valence-corrected chi connectivity index (χ0v) is 22.4. The van der Waals surface area contributed by atoms with Gasteiger partial charge in [-0.25, -0.2) is 0 Å². The van der Waals surface area contributed by atoms with Gasteiger partial charge in [0.25, 0.3) is 5.91 Å². The van der Waals surface area contributed by atoms with Crippen LogP contribution in [0.4, 0.5) is 5.69 Å². The number of fused-ring (bicyclic) bond motifs is 3. The first-order valence-electron chi connectivity index (χ1n) is 12.4. The monoisotopic (exact) mass is 550 g/mol. The van der Waals surface area contributed by atoms with E-state index in [1.165, 1.54) is 24.0 Å². The molecule has 0 N–H and O–H groups in total. The molecule has 9 nitrogen and oxygen atoms in total. The van der Waals surface area contributed by atoms with Crippen LogP contribution >= 0.6 is 11.6 Å². The fourth-order valence-electron chi connectivity index (χ4n) is 5.25. The Kier molecular flexibility index (Phi) is 7.10. The minimum Gasteiger partial charge on any atom is -0.496 e. The van der Waals surface area contributed by atoms with Crippen molar-refractivity contribution < 1.29 is 33.3 Å². The van der Waals surface area contributed by atoms with E-state index in [9.17, 15) is 14.4 Å². The summed E-state index contributed by atoms with van der Waals surface area (Å²) in [5, 5.41) is 0.399. The van der Waals surface area contributed by atoms with Crippen LogP contribution in [0, 0.1) is 0 Å². The summed E-state index contributed by atoms with van der Waals surface area (Å²) in [6.45, 7) is 1.28. The molecule has 0 aromatic heterocycles. The molecular weight excluding hydrogens is 524 g/mol. The van der Waals surface area contributed by atoms with E-state index in [4.69, 9.17) is 30.5 Å². The van der Waals surface area contributed by atoms with E-state index >= 15 is 0 Å². The van der Waals surface area contributed by atoms with Gasteiger partial charge in [0.2, 0.25) is 12.0 Å². The van der Waals surface area contributed by atoms with Crippen molar-refractivity contribution in [1.82, 2.24) is 4.90 Å². The number of hydrogen-bond donors (Lipinski definition) is 0. The van der Waals surface area contributed by atoms with E-state index < -0.39 is 29.4 Å². The number of carbonyl (C=O) groups is 3. The van der Waals surface area contributed by atoms with Crippen molar-refractivity contribution in [3.63, 3.8) is 0 Å². The van der Waals surface area contributed by atoms with Crippen LogP contribution in [-0.4, -0.2) is 62.7 Å². The molecule has 0 spiro atoms. The van der Waals surface area contributed by atoms with Crippen molar-refractivity contribution in [3.05, 3.63) is 82.9 Å². The van der Waals surface area contributed by atoms with Gasteiger partial charge < -0.3 is 23.8 Å². The Morgan fingerprint density at radius 2 is 1.64 bits per heavy atom. The van der Waals surface area contributed by atoms with Crippen LogP contribution in [0.3, 0.4) is 0 Å². The summed E-state index contributed by atoms with van der Waals surface area (Å²) in [6.07, 6.45) is -1.07. The lowest BCUT2D eigenvalue weighted by molar-refractivity contribution is -0.177. The molecule has 2 atom stereocenters. The first-order valence-corrected chi connectivity index (χ1v) is 12.7. The second-order valence-corrected chi connectivity index (χ2v) is 9.49. The number of carbonyl (C=O) groups excluding carboxylic acids is 3. The maximum absolute atomic E-state index is 13.8. The highest BCUT2D eigenvalue weighted by atomic mass is 35.5. The number of halogens is 1. The van der Waals surface area contributed by atoms with Crippen LogP contribution in [0.5, 0.6) is 17.2 Å². The van der Waals surface area contributed by atoms with Gasteiger partial charge in [0, 0.05) is 28.8 Å². The lowest BCUT2D eigenvalue weighted by Crippen LogP contribution is -2.74. The lowest BCUT2D eigenvalue weighted by atomic mass is 9.69. The average Bonchev–Trinajstić information content (AvgIpc) is 3.03. The Hall–Kier alpha value is -4.24. The van der Waals surface area contributed by atoms with E-state index in [0.29, 0.717) is 33.5 Å². The van der Waals surface area contributed by atoms with Gasteiger partial charge in [-0.2, -0.15) is 0 Å². The van der Waals surface area contributed by atoms with Crippen LogP contribution in [0.1, 0.15) is 18.1 Å². The highest BCUT2D eigenvalue weighted by Crippen LogP contribution is 2.53. The third kappa shape index (κ3) is 4.42. The van der Waals surface area contributed by atoms with E-state index in [2.05, 4.69) is 0 Å². The molecule has 10 heteroatoms. The molecule has 1 saturated heterocycles. The zero-order valence-electron chi connectivity index (χ0n) is 21.7. The number of hydrogen-bond acceptors (Lipinski definition) is 7. The number of rotatable bonds is 8. The van der Waals surface area contributed by atoms with Gasteiger partial charge in [0.1, 0.15) is 35.9 Å². The summed E-state index contributed by atoms with van der Waals surface area (Å²) >= 11 is 6.51. The van der Waals surface area contributed by atoms with Gasteiger partial charge in [-0.15, -0.1) is 0 Å². The number of esters is 1. The average molecular weight is 551 g/mol. The quantitative estimate of drug-likeness (QED) is 0.311. The summed E-state index contributed by atoms with van der Waals surface area (Å²) in [5.74, 6) is -0.0599. The minimum absolute atomic E-state index is 0.173. The number of amides is 2. The van der Waals surface area contributed by atoms with Gasteiger partial charge in [0.15, 0.2) is 0 Å². The van der Waals surface area contributed by atoms with Crippen LogP contribution < -0.4 is 19.1 Å². The molecule has 0 aliphatic carbocycles. The molecule has 202 valence electrons. The second kappa shape index (κ2) is 10.5. The molecule has 3 aromatic rings. The first kappa shape index (κ1) is 26.4. The molecule has 3 aromatic carbocycles. The second-order valence-electron chi connectivity index (χ2n) is 9.05. The molecule has 0 bridgehead atoms. The van der Waals surface area contributed by atoms with Gasteiger partial charge in [-0.1, -0.05) is 41.9 Å². The van der Waals surface area contributed by atoms with Crippen LogP contribution in [0.2, 0.25) is 5.02 Å². The van der Waals surface area contributed by atoms with Crippen LogP contribution in [0.15, 0.2) is 66.7 Å². The highest BCUT2D eigenvalue weighted by Gasteiger charge is 2.66. The topological polar surface area (TPSA) is 94.6 Å². The normalized spacial score (nSPS) is 19.8. The van der Waals surface area contributed by atoms with Gasteiger partial charge in [-0.05, 0) is 30.7 Å². The largest absolute Gasteiger partial charge is 0.496 e. The van der Waals surface area contributed by atoms with E-state index in [1.54, 1.807) is 43.3 Å². The number of benzene rings is 3. The van der Waals surface area contributed by atoms with E-state index in [0.717, 1.165) is 5.56 Å². The first-order chi connectivity index (χ1) is 18.8. The highest BCUT2D eigenvalue weighted by molar-refractivity contribution is 6.30. The molecule has 2 aliphatic heterocycles. The third-order valence-electron chi connectivity index (χ3n) is 6.94. The fourth-order valence-corrected chi connectivity index (χ4v) is 5.42. The molecule has 2 heterocycles. The van der Waals surface area contributed by atoms with Gasteiger partial charge in [-0.3, -0.25) is 19.3 Å². The number of β-lactam (4-membered cyclic amide) rings is 1. The Bertz CT molecular complexity index is 1410. The molecule has 2 aliphatic rings. The molecule has 5 rings (SSSR count). The molecule has 0 saturated carbocycles. The van der Waals surface area contributed by atoms with Gasteiger partial charge in [0.05, 0.1) is 26.5 Å². The minimum atomic E-state index is -1.23. The van der Waals surface area contributed by atoms with E-state index in [1.807, 2.05) is 30.3 Å². The van der Waals surface area contributed by atoms with Crippen molar-refractivity contribution in [1.29, 1.82) is 0 Å². The zero-order chi connectivity index (χ0) is 27.7. The Morgan fingerprint density at radius 1 is 0.974 bits per heavy atom. The fraction of sp³-hybridized carbons (Fsp3) is 0.276. The number of nitrogens with zero attached hydrogens (tertiary/aromatic N) is 2. The molecule has 39 heavy (non-hydrogen) atoms. The maximum Gasteiger partial charge on any atom is 0.326 e. The standard InChI is InChI=1S/C29H27ClN2O7/c1-4-38-26(34)17-31-24-11-10-19(30)12-23(24)29(18-8-6-5-7-9-18)27(28(35)32(29)16-25(31)33)39-22-14-20(36-2)13-21(15-22)37-3/h5-15,27H,4,16-17H2,1-3H3/t27-,29+/m1/s1. The van der Waals surface area contributed by atoms with E-state index in [-0.39, 0.29) is 19.7 Å². The Morgan fingerprint density at radius 3 is 2.28 bits per heavy atom. The summed E-state index contributed by atoms with van der Waals surface area (Å²) < 4.78 is 22.3. The van der Waals surface area contributed by atoms with Gasteiger partial charge >= 0.3 is 5.97 Å².